The molecule has 5 heteroatoms. The number of rotatable bonds is 3. The third-order valence-electron chi connectivity index (χ3n) is 4.29. The Morgan fingerprint density at radius 1 is 1.18 bits per heavy atom. The van der Waals surface area contributed by atoms with Crippen molar-refractivity contribution in [1.29, 1.82) is 0 Å². The predicted molar refractivity (Wildman–Crippen MR) is 81.5 cm³/mol. The van der Waals surface area contributed by atoms with Crippen LogP contribution in [0.1, 0.15) is 19.4 Å². The van der Waals surface area contributed by atoms with E-state index in [9.17, 15) is 4.79 Å². The summed E-state index contributed by atoms with van der Waals surface area (Å²) in [5.74, 6) is 0.655. The topological polar surface area (TPSA) is 65.1 Å². The third-order valence-corrected chi connectivity index (χ3v) is 4.29. The maximum absolute atomic E-state index is 11.7. The van der Waals surface area contributed by atoms with Gasteiger partial charge in [-0.25, -0.2) is 4.79 Å². The SMILES string of the molecule is COc1c2ccoc2c(CC2OC2(C)C)c2oc(=O)ccc12. The van der Waals surface area contributed by atoms with E-state index in [2.05, 4.69) is 0 Å². The summed E-state index contributed by atoms with van der Waals surface area (Å²) in [5, 5.41) is 1.64. The van der Waals surface area contributed by atoms with Gasteiger partial charge in [0, 0.05) is 18.1 Å². The molecule has 4 rings (SSSR count). The second-order valence-corrected chi connectivity index (χ2v) is 6.09. The predicted octanol–water partition coefficient (Wildman–Crippen LogP) is 3.27. The zero-order chi connectivity index (χ0) is 15.5. The van der Waals surface area contributed by atoms with E-state index in [0.717, 1.165) is 16.3 Å². The van der Waals surface area contributed by atoms with E-state index < -0.39 is 5.63 Å². The molecule has 3 heterocycles. The number of benzene rings is 1. The van der Waals surface area contributed by atoms with Crippen LogP contribution in [0, 0.1) is 0 Å². The van der Waals surface area contributed by atoms with E-state index >= 15 is 0 Å². The molecule has 1 atom stereocenters. The van der Waals surface area contributed by atoms with E-state index in [1.54, 1.807) is 19.4 Å². The van der Waals surface area contributed by atoms with Crippen LogP contribution in [0.4, 0.5) is 0 Å². The van der Waals surface area contributed by atoms with Crippen molar-refractivity contribution >= 4 is 21.9 Å². The van der Waals surface area contributed by atoms with E-state index in [1.807, 2.05) is 19.9 Å². The average molecular weight is 300 g/mol. The summed E-state index contributed by atoms with van der Waals surface area (Å²) < 4.78 is 22.3. The fraction of sp³-hybridized carbons (Fsp3) is 0.353. The summed E-state index contributed by atoms with van der Waals surface area (Å²) in [6, 6.07) is 4.99. The number of methoxy groups -OCH3 is 1. The summed E-state index contributed by atoms with van der Waals surface area (Å²) in [5.41, 5.74) is 1.50. The zero-order valence-corrected chi connectivity index (χ0v) is 12.6. The summed E-state index contributed by atoms with van der Waals surface area (Å²) in [7, 11) is 1.60. The van der Waals surface area contributed by atoms with Crippen LogP contribution in [0.25, 0.3) is 21.9 Å². The van der Waals surface area contributed by atoms with Crippen molar-refractivity contribution in [2.75, 3.05) is 7.11 Å². The number of hydrogen-bond acceptors (Lipinski definition) is 5. The van der Waals surface area contributed by atoms with E-state index in [-0.39, 0.29) is 11.7 Å². The van der Waals surface area contributed by atoms with Crippen LogP contribution in [-0.2, 0) is 11.2 Å². The molecule has 114 valence electrons. The molecule has 22 heavy (non-hydrogen) atoms. The molecule has 0 amide bonds. The molecule has 2 aromatic heterocycles. The molecule has 1 saturated heterocycles. The number of ether oxygens (including phenoxy) is 2. The Morgan fingerprint density at radius 3 is 2.59 bits per heavy atom. The van der Waals surface area contributed by atoms with Gasteiger partial charge in [-0.05, 0) is 26.0 Å². The summed E-state index contributed by atoms with van der Waals surface area (Å²) in [6.07, 6.45) is 2.33. The first-order valence-electron chi connectivity index (χ1n) is 7.19. The minimum absolute atomic E-state index is 0.0860. The van der Waals surface area contributed by atoms with E-state index in [0.29, 0.717) is 23.3 Å². The highest BCUT2D eigenvalue weighted by molar-refractivity contribution is 6.04. The van der Waals surface area contributed by atoms with Crippen molar-refractivity contribution in [3.05, 3.63) is 40.4 Å². The Kier molecular flexibility index (Phi) is 2.66. The molecule has 1 fully saturated rings. The lowest BCUT2D eigenvalue weighted by atomic mass is 9.98. The van der Waals surface area contributed by atoms with Gasteiger partial charge in [-0.3, -0.25) is 0 Å². The molecule has 0 aliphatic carbocycles. The van der Waals surface area contributed by atoms with Crippen LogP contribution in [-0.4, -0.2) is 18.8 Å². The molecule has 1 aromatic carbocycles. The molecule has 3 aromatic rings. The van der Waals surface area contributed by atoms with Gasteiger partial charge in [-0.1, -0.05) is 0 Å². The Balaban J connectivity index is 2.04. The Labute approximate surface area is 126 Å². The fourth-order valence-corrected chi connectivity index (χ4v) is 3.00. The maximum atomic E-state index is 11.7. The summed E-state index contributed by atoms with van der Waals surface area (Å²) in [6.45, 7) is 4.08. The monoisotopic (exact) mass is 300 g/mol. The highest BCUT2D eigenvalue weighted by atomic mass is 16.6. The Morgan fingerprint density at radius 2 is 1.91 bits per heavy atom. The molecule has 0 bridgehead atoms. The smallest absolute Gasteiger partial charge is 0.336 e. The third kappa shape index (κ3) is 1.85. The molecular weight excluding hydrogens is 284 g/mol. The number of furan rings is 1. The van der Waals surface area contributed by atoms with Gasteiger partial charge < -0.3 is 18.3 Å². The number of fused-ring (bicyclic) bond motifs is 2. The van der Waals surface area contributed by atoms with Crippen LogP contribution in [0.15, 0.2) is 38.1 Å². The van der Waals surface area contributed by atoms with Crippen molar-refractivity contribution in [3.63, 3.8) is 0 Å². The highest BCUT2D eigenvalue weighted by Gasteiger charge is 2.48. The molecule has 0 N–H and O–H groups in total. The molecule has 1 aliphatic heterocycles. The molecule has 0 radical (unpaired) electrons. The van der Waals surface area contributed by atoms with Gasteiger partial charge >= 0.3 is 5.63 Å². The molecule has 0 spiro atoms. The number of epoxide rings is 1. The standard InChI is InChI=1S/C17H16O5/c1-17(2)12(22-17)8-11-15-10(6-7-20-15)14(19-3)9-4-5-13(18)21-16(9)11/h4-7,12H,8H2,1-3H3. The molecule has 0 saturated carbocycles. The van der Waals surface area contributed by atoms with Crippen molar-refractivity contribution < 1.29 is 18.3 Å². The van der Waals surface area contributed by atoms with Crippen LogP contribution in [0.3, 0.4) is 0 Å². The largest absolute Gasteiger partial charge is 0.495 e. The lowest BCUT2D eigenvalue weighted by Gasteiger charge is -2.10. The minimum atomic E-state index is -0.391. The van der Waals surface area contributed by atoms with Crippen LogP contribution in [0.5, 0.6) is 5.75 Å². The van der Waals surface area contributed by atoms with Crippen LogP contribution in [0.2, 0.25) is 0 Å². The van der Waals surface area contributed by atoms with E-state index in [1.165, 1.54) is 6.07 Å². The molecule has 5 nitrogen and oxygen atoms in total. The van der Waals surface area contributed by atoms with Gasteiger partial charge in [0.25, 0.3) is 0 Å². The lowest BCUT2D eigenvalue weighted by Crippen LogP contribution is -2.07. The Hall–Kier alpha value is -2.27. The van der Waals surface area contributed by atoms with Gasteiger partial charge in [0.1, 0.15) is 16.9 Å². The zero-order valence-electron chi connectivity index (χ0n) is 12.6. The molecule has 1 aliphatic rings. The molecule has 1 unspecified atom stereocenters. The lowest BCUT2D eigenvalue weighted by molar-refractivity contribution is 0.323. The maximum Gasteiger partial charge on any atom is 0.336 e. The second kappa shape index (κ2) is 4.36. The fourth-order valence-electron chi connectivity index (χ4n) is 3.00. The first-order chi connectivity index (χ1) is 10.5. The second-order valence-electron chi connectivity index (χ2n) is 6.09. The quantitative estimate of drug-likeness (QED) is 0.548. The van der Waals surface area contributed by atoms with Crippen molar-refractivity contribution in [2.24, 2.45) is 0 Å². The summed E-state index contributed by atoms with van der Waals surface area (Å²) >= 11 is 0. The minimum Gasteiger partial charge on any atom is -0.495 e. The van der Waals surface area contributed by atoms with Gasteiger partial charge in [-0.2, -0.15) is 0 Å². The Bertz CT molecular complexity index is 931. The van der Waals surface area contributed by atoms with E-state index in [4.69, 9.17) is 18.3 Å². The van der Waals surface area contributed by atoms with Crippen LogP contribution >= 0.6 is 0 Å². The normalized spacial score (nSPS) is 19.7. The van der Waals surface area contributed by atoms with Crippen molar-refractivity contribution in [2.45, 2.75) is 32.0 Å². The van der Waals surface area contributed by atoms with Gasteiger partial charge in [0.05, 0.1) is 35.9 Å². The van der Waals surface area contributed by atoms with Crippen molar-refractivity contribution in [3.8, 4) is 5.75 Å². The summed E-state index contributed by atoms with van der Waals surface area (Å²) in [4.78, 5) is 11.7. The molecular formula is C17H16O5. The first kappa shape index (κ1) is 13.4. The van der Waals surface area contributed by atoms with Gasteiger partial charge in [-0.15, -0.1) is 0 Å². The van der Waals surface area contributed by atoms with Gasteiger partial charge in [0.2, 0.25) is 0 Å². The highest BCUT2D eigenvalue weighted by Crippen LogP contribution is 2.43. The average Bonchev–Trinajstić information content (AvgIpc) is 2.87. The van der Waals surface area contributed by atoms with Crippen molar-refractivity contribution in [1.82, 2.24) is 0 Å². The first-order valence-corrected chi connectivity index (χ1v) is 7.19. The number of hydrogen-bond donors (Lipinski definition) is 0. The van der Waals surface area contributed by atoms with Gasteiger partial charge in [0.15, 0.2) is 0 Å². The van der Waals surface area contributed by atoms with Crippen LogP contribution < -0.4 is 10.4 Å².